The standard InChI is InChI=1S/C21H26N2/c1-3-7-17(8-4-1)13-19-11-12-20-15-23-21(19,16-22-20)14-18-9-5-2-6-10-18/h1-10,19-20,22-23H,11-16H2. The highest BCUT2D eigenvalue weighted by Gasteiger charge is 2.44. The molecule has 3 unspecified atom stereocenters. The second-order valence-corrected chi connectivity index (χ2v) is 7.24. The lowest BCUT2D eigenvalue weighted by Crippen LogP contribution is -2.65. The normalized spacial score (nSPS) is 30.1. The molecule has 3 fully saturated rings. The van der Waals surface area contributed by atoms with Crippen LogP contribution in [0.3, 0.4) is 0 Å². The zero-order valence-electron chi connectivity index (χ0n) is 13.7. The van der Waals surface area contributed by atoms with Crippen molar-refractivity contribution in [3.63, 3.8) is 0 Å². The van der Waals surface area contributed by atoms with Crippen molar-refractivity contribution < 1.29 is 0 Å². The number of piperazine rings is 1. The van der Waals surface area contributed by atoms with Crippen LogP contribution in [0, 0.1) is 5.92 Å². The summed E-state index contributed by atoms with van der Waals surface area (Å²) >= 11 is 0. The number of benzene rings is 2. The molecule has 23 heavy (non-hydrogen) atoms. The van der Waals surface area contributed by atoms with E-state index in [1.807, 2.05) is 0 Å². The van der Waals surface area contributed by atoms with Crippen LogP contribution in [0.5, 0.6) is 0 Å². The van der Waals surface area contributed by atoms with E-state index in [1.54, 1.807) is 0 Å². The molecule has 3 saturated heterocycles. The summed E-state index contributed by atoms with van der Waals surface area (Å²) in [4.78, 5) is 0. The number of rotatable bonds is 4. The van der Waals surface area contributed by atoms with Crippen molar-refractivity contribution in [1.29, 1.82) is 0 Å². The van der Waals surface area contributed by atoms with E-state index in [-0.39, 0.29) is 5.54 Å². The Balaban J connectivity index is 1.61. The van der Waals surface area contributed by atoms with E-state index in [1.165, 1.54) is 30.4 Å². The summed E-state index contributed by atoms with van der Waals surface area (Å²) in [6.07, 6.45) is 4.90. The molecular weight excluding hydrogens is 280 g/mol. The summed E-state index contributed by atoms with van der Waals surface area (Å²) < 4.78 is 0. The maximum absolute atomic E-state index is 3.95. The van der Waals surface area contributed by atoms with Crippen LogP contribution in [0.15, 0.2) is 60.7 Å². The summed E-state index contributed by atoms with van der Waals surface area (Å²) in [6.45, 7) is 2.20. The topological polar surface area (TPSA) is 24.1 Å². The average molecular weight is 306 g/mol. The Morgan fingerprint density at radius 1 is 0.870 bits per heavy atom. The van der Waals surface area contributed by atoms with Crippen LogP contribution in [0.2, 0.25) is 0 Å². The molecule has 0 amide bonds. The minimum atomic E-state index is 0.185. The highest BCUT2D eigenvalue weighted by atomic mass is 15.1. The van der Waals surface area contributed by atoms with Gasteiger partial charge in [-0.25, -0.2) is 0 Å². The number of hydrogen-bond donors (Lipinski definition) is 2. The van der Waals surface area contributed by atoms with Gasteiger partial charge in [0.05, 0.1) is 0 Å². The third kappa shape index (κ3) is 3.19. The predicted octanol–water partition coefficient (Wildman–Crippen LogP) is 3.18. The van der Waals surface area contributed by atoms with Gasteiger partial charge < -0.3 is 10.6 Å². The van der Waals surface area contributed by atoms with Crippen LogP contribution in [0.4, 0.5) is 0 Å². The highest BCUT2D eigenvalue weighted by Crippen LogP contribution is 2.35. The molecule has 3 aliphatic rings. The third-order valence-electron chi connectivity index (χ3n) is 5.74. The van der Waals surface area contributed by atoms with Gasteiger partial charge in [0.1, 0.15) is 0 Å². The molecule has 2 N–H and O–H groups in total. The lowest BCUT2D eigenvalue weighted by molar-refractivity contribution is 0.184. The van der Waals surface area contributed by atoms with Crippen LogP contribution in [0.1, 0.15) is 24.0 Å². The van der Waals surface area contributed by atoms with Crippen LogP contribution in [-0.2, 0) is 12.8 Å². The van der Waals surface area contributed by atoms with Crippen molar-refractivity contribution >= 4 is 0 Å². The molecule has 2 aromatic carbocycles. The monoisotopic (exact) mass is 306 g/mol. The van der Waals surface area contributed by atoms with Gasteiger partial charge in [0.25, 0.3) is 0 Å². The summed E-state index contributed by atoms with van der Waals surface area (Å²) in [5.41, 5.74) is 3.10. The van der Waals surface area contributed by atoms with Gasteiger partial charge >= 0.3 is 0 Å². The summed E-state index contributed by atoms with van der Waals surface area (Å²) in [5, 5.41) is 7.75. The van der Waals surface area contributed by atoms with Crippen molar-refractivity contribution in [3.05, 3.63) is 71.8 Å². The molecule has 120 valence electrons. The largest absolute Gasteiger partial charge is 0.311 e. The van der Waals surface area contributed by atoms with E-state index in [4.69, 9.17) is 0 Å². The average Bonchev–Trinajstić information content (AvgIpc) is 2.87. The maximum atomic E-state index is 3.95. The van der Waals surface area contributed by atoms with E-state index in [9.17, 15) is 0 Å². The lowest BCUT2D eigenvalue weighted by Gasteiger charge is -2.44. The van der Waals surface area contributed by atoms with Gasteiger partial charge in [0.2, 0.25) is 0 Å². The smallest absolute Gasteiger partial charge is 0.0379 e. The van der Waals surface area contributed by atoms with Crippen molar-refractivity contribution in [1.82, 2.24) is 10.6 Å². The van der Waals surface area contributed by atoms with Gasteiger partial charge in [-0.3, -0.25) is 0 Å². The number of fused-ring (bicyclic) bond motifs is 4. The summed E-state index contributed by atoms with van der Waals surface area (Å²) in [7, 11) is 0. The molecule has 2 bridgehead atoms. The third-order valence-corrected chi connectivity index (χ3v) is 5.74. The van der Waals surface area contributed by atoms with Gasteiger partial charge in [-0.15, -0.1) is 0 Å². The Morgan fingerprint density at radius 2 is 1.57 bits per heavy atom. The molecule has 0 spiro atoms. The molecule has 2 nitrogen and oxygen atoms in total. The lowest BCUT2D eigenvalue weighted by atomic mass is 9.74. The molecule has 0 aliphatic carbocycles. The fourth-order valence-corrected chi connectivity index (χ4v) is 4.38. The van der Waals surface area contributed by atoms with Gasteiger partial charge in [0.15, 0.2) is 0 Å². The Bertz CT molecular complexity index is 612. The SMILES string of the molecule is c1ccc(CC2CCC3CNC2(Cc2ccccc2)CN3)cc1. The molecule has 5 rings (SSSR count). The first-order valence-electron chi connectivity index (χ1n) is 8.90. The Morgan fingerprint density at radius 3 is 2.22 bits per heavy atom. The van der Waals surface area contributed by atoms with Crippen molar-refractivity contribution in [3.8, 4) is 0 Å². The molecule has 0 aromatic heterocycles. The fraction of sp³-hybridized carbons (Fsp3) is 0.429. The van der Waals surface area contributed by atoms with Gasteiger partial charge in [-0.1, -0.05) is 60.7 Å². The minimum Gasteiger partial charge on any atom is -0.311 e. The second kappa shape index (κ2) is 6.46. The quantitative estimate of drug-likeness (QED) is 0.906. The minimum absolute atomic E-state index is 0.185. The zero-order valence-corrected chi connectivity index (χ0v) is 13.7. The van der Waals surface area contributed by atoms with Gasteiger partial charge in [-0.05, 0) is 42.7 Å². The van der Waals surface area contributed by atoms with Crippen LogP contribution < -0.4 is 10.6 Å². The molecule has 0 saturated carbocycles. The van der Waals surface area contributed by atoms with Crippen LogP contribution in [0.25, 0.3) is 0 Å². The van der Waals surface area contributed by atoms with Crippen LogP contribution in [-0.4, -0.2) is 24.7 Å². The van der Waals surface area contributed by atoms with Crippen molar-refractivity contribution in [2.75, 3.05) is 13.1 Å². The van der Waals surface area contributed by atoms with E-state index in [0.29, 0.717) is 12.0 Å². The predicted molar refractivity (Wildman–Crippen MR) is 95.5 cm³/mol. The molecule has 2 aromatic rings. The second-order valence-electron chi connectivity index (χ2n) is 7.24. The summed E-state index contributed by atoms with van der Waals surface area (Å²) in [5.74, 6) is 0.685. The van der Waals surface area contributed by atoms with Crippen molar-refractivity contribution in [2.45, 2.75) is 37.3 Å². The Labute approximate surface area is 139 Å². The first-order chi connectivity index (χ1) is 11.3. The molecule has 3 heterocycles. The van der Waals surface area contributed by atoms with E-state index in [0.717, 1.165) is 19.5 Å². The molecule has 2 heteroatoms. The molecule has 3 aliphatic heterocycles. The first kappa shape index (κ1) is 14.9. The number of nitrogens with one attached hydrogen (secondary N) is 2. The fourth-order valence-electron chi connectivity index (χ4n) is 4.38. The van der Waals surface area contributed by atoms with E-state index >= 15 is 0 Å². The van der Waals surface area contributed by atoms with E-state index < -0.39 is 0 Å². The molecule has 3 atom stereocenters. The highest BCUT2D eigenvalue weighted by molar-refractivity contribution is 5.23. The Hall–Kier alpha value is -1.64. The van der Waals surface area contributed by atoms with Crippen molar-refractivity contribution in [2.24, 2.45) is 5.92 Å². The summed E-state index contributed by atoms with van der Waals surface area (Å²) in [6, 6.07) is 22.6. The molecule has 0 radical (unpaired) electrons. The maximum Gasteiger partial charge on any atom is 0.0379 e. The van der Waals surface area contributed by atoms with Gasteiger partial charge in [-0.2, -0.15) is 0 Å². The van der Waals surface area contributed by atoms with E-state index in [2.05, 4.69) is 71.3 Å². The Kier molecular flexibility index (Phi) is 4.19. The van der Waals surface area contributed by atoms with Gasteiger partial charge in [0, 0.05) is 24.7 Å². The van der Waals surface area contributed by atoms with Crippen LogP contribution >= 0.6 is 0 Å². The zero-order chi connectivity index (χ0) is 15.5. The first-order valence-corrected chi connectivity index (χ1v) is 8.90. The number of hydrogen-bond acceptors (Lipinski definition) is 2. The molecular formula is C21H26N2.